The average Bonchev–Trinajstić information content (AvgIpc) is 2.87. The van der Waals surface area contributed by atoms with Crippen LogP contribution in [0.1, 0.15) is 62.1 Å². The molecular weight excluding hydrogens is 300 g/mol. The smallest absolute Gasteiger partial charge is 0.327 e. The van der Waals surface area contributed by atoms with Crippen molar-refractivity contribution in [2.75, 3.05) is 13.2 Å². The standard InChI is InChI=1S/C16H24N2O3S/c1-6-21-13(19)8-18-16(20)11-7-12(9(2)3)22-15(11)14(17-18)10(4)5/h7,9-10,16,20H,6,8H2,1-5H3. The van der Waals surface area contributed by atoms with Crippen molar-refractivity contribution in [1.29, 1.82) is 0 Å². The van der Waals surface area contributed by atoms with E-state index in [1.165, 1.54) is 9.89 Å². The summed E-state index contributed by atoms with van der Waals surface area (Å²) in [5.41, 5.74) is 1.76. The molecular formula is C16H24N2O3S. The van der Waals surface area contributed by atoms with Crippen molar-refractivity contribution in [3.63, 3.8) is 0 Å². The van der Waals surface area contributed by atoms with Crippen LogP contribution in [0.5, 0.6) is 0 Å². The fourth-order valence-electron chi connectivity index (χ4n) is 2.34. The minimum Gasteiger partial charge on any atom is -0.465 e. The molecule has 122 valence electrons. The van der Waals surface area contributed by atoms with Crippen molar-refractivity contribution in [2.24, 2.45) is 11.0 Å². The summed E-state index contributed by atoms with van der Waals surface area (Å²) >= 11 is 1.68. The number of fused-ring (bicyclic) bond motifs is 1. The largest absolute Gasteiger partial charge is 0.465 e. The minimum atomic E-state index is -0.898. The van der Waals surface area contributed by atoms with Crippen LogP contribution in [-0.2, 0) is 9.53 Å². The van der Waals surface area contributed by atoms with Crippen molar-refractivity contribution in [3.05, 3.63) is 21.4 Å². The van der Waals surface area contributed by atoms with Crippen LogP contribution in [0.15, 0.2) is 11.2 Å². The normalized spacial score (nSPS) is 17.7. The van der Waals surface area contributed by atoms with Gasteiger partial charge in [-0.1, -0.05) is 27.7 Å². The van der Waals surface area contributed by atoms with Crippen LogP contribution >= 0.6 is 11.3 Å². The Morgan fingerprint density at radius 3 is 2.64 bits per heavy atom. The maximum atomic E-state index is 11.7. The van der Waals surface area contributed by atoms with Gasteiger partial charge >= 0.3 is 5.97 Å². The van der Waals surface area contributed by atoms with Crippen LogP contribution in [0, 0.1) is 5.92 Å². The van der Waals surface area contributed by atoms with E-state index < -0.39 is 6.23 Å². The number of aliphatic hydroxyl groups excluding tert-OH is 1. The molecule has 1 N–H and O–H groups in total. The first kappa shape index (κ1) is 17.0. The third kappa shape index (κ3) is 3.33. The molecule has 22 heavy (non-hydrogen) atoms. The lowest BCUT2D eigenvalue weighted by Gasteiger charge is -2.30. The molecule has 2 heterocycles. The summed E-state index contributed by atoms with van der Waals surface area (Å²) in [6, 6.07) is 2.03. The second-order valence-electron chi connectivity index (χ2n) is 6.00. The zero-order valence-corrected chi connectivity index (χ0v) is 14.6. The molecule has 1 aliphatic rings. The quantitative estimate of drug-likeness (QED) is 0.845. The molecule has 0 fully saturated rings. The van der Waals surface area contributed by atoms with E-state index in [1.807, 2.05) is 6.07 Å². The van der Waals surface area contributed by atoms with Gasteiger partial charge in [-0.25, -0.2) is 0 Å². The molecule has 1 aromatic rings. The third-order valence-electron chi connectivity index (χ3n) is 3.52. The molecule has 0 saturated carbocycles. The molecule has 1 unspecified atom stereocenters. The van der Waals surface area contributed by atoms with Gasteiger partial charge in [-0.15, -0.1) is 11.3 Å². The zero-order chi connectivity index (χ0) is 16.4. The number of hydrogen-bond acceptors (Lipinski definition) is 6. The molecule has 6 heteroatoms. The van der Waals surface area contributed by atoms with Crippen molar-refractivity contribution >= 4 is 23.0 Å². The SMILES string of the molecule is CCOC(=O)CN1N=C(C(C)C)c2sc(C(C)C)cc2C1O. The topological polar surface area (TPSA) is 62.1 Å². The molecule has 0 radical (unpaired) electrons. The van der Waals surface area contributed by atoms with Crippen LogP contribution in [0.3, 0.4) is 0 Å². The van der Waals surface area contributed by atoms with Gasteiger partial charge in [-0.05, 0) is 24.8 Å². The van der Waals surface area contributed by atoms with Crippen LogP contribution in [0.4, 0.5) is 0 Å². The summed E-state index contributed by atoms with van der Waals surface area (Å²) < 4.78 is 4.96. The lowest BCUT2D eigenvalue weighted by molar-refractivity contribution is -0.147. The molecule has 5 nitrogen and oxygen atoms in total. The average molecular weight is 324 g/mol. The first-order valence-electron chi connectivity index (χ1n) is 7.67. The Balaban J connectivity index is 2.36. The Labute approximate surface area is 135 Å². The predicted octanol–water partition coefficient (Wildman–Crippen LogP) is 3.10. The number of ether oxygens (including phenoxy) is 1. The van der Waals surface area contributed by atoms with Crippen molar-refractivity contribution < 1.29 is 14.6 Å². The molecule has 0 bridgehead atoms. The second kappa shape index (κ2) is 6.79. The molecule has 0 aromatic carbocycles. The fraction of sp³-hybridized carbons (Fsp3) is 0.625. The summed E-state index contributed by atoms with van der Waals surface area (Å²) in [7, 11) is 0. The van der Waals surface area contributed by atoms with E-state index in [0.717, 1.165) is 16.2 Å². The number of esters is 1. The van der Waals surface area contributed by atoms with Gasteiger partial charge in [0.15, 0.2) is 6.23 Å². The Hall–Kier alpha value is -1.40. The Morgan fingerprint density at radius 1 is 1.41 bits per heavy atom. The lowest BCUT2D eigenvalue weighted by atomic mass is 10.0. The number of carbonyl (C=O) groups is 1. The van der Waals surface area contributed by atoms with Gasteiger partial charge < -0.3 is 9.84 Å². The van der Waals surface area contributed by atoms with E-state index in [4.69, 9.17) is 4.74 Å². The van der Waals surface area contributed by atoms with Crippen molar-refractivity contribution in [2.45, 2.75) is 46.8 Å². The van der Waals surface area contributed by atoms with Gasteiger partial charge in [-0.2, -0.15) is 5.10 Å². The number of thiophene rings is 1. The summed E-state index contributed by atoms with van der Waals surface area (Å²) in [5, 5.41) is 16.5. The van der Waals surface area contributed by atoms with Crippen LogP contribution < -0.4 is 0 Å². The molecule has 2 rings (SSSR count). The summed E-state index contributed by atoms with van der Waals surface area (Å²) in [6.07, 6.45) is -0.898. The monoisotopic (exact) mass is 324 g/mol. The first-order valence-corrected chi connectivity index (χ1v) is 8.49. The molecule has 0 aliphatic carbocycles. The third-order valence-corrected chi connectivity index (χ3v) is 5.00. The number of nitrogens with zero attached hydrogens (tertiary/aromatic N) is 2. The van der Waals surface area contributed by atoms with E-state index in [2.05, 4.69) is 32.8 Å². The van der Waals surface area contributed by atoms with Gasteiger partial charge in [-0.3, -0.25) is 9.80 Å². The number of hydrogen-bond donors (Lipinski definition) is 1. The zero-order valence-electron chi connectivity index (χ0n) is 13.8. The highest BCUT2D eigenvalue weighted by Gasteiger charge is 2.32. The number of rotatable bonds is 5. The fourth-order valence-corrected chi connectivity index (χ4v) is 3.66. The van der Waals surface area contributed by atoms with E-state index in [0.29, 0.717) is 12.5 Å². The summed E-state index contributed by atoms with van der Waals surface area (Å²) in [4.78, 5) is 14.0. The van der Waals surface area contributed by atoms with Crippen LogP contribution in [0.25, 0.3) is 0 Å². The van der Waals surface area contributed by atoms with Gasteiger partial charge in [0.2, 0.25) is 0 Å². The molecule has 1 aromatic heterocycles. The summed E-state index contributed by atoms with van der Waals surface area (Å²) in [5.74, 6) is 0.237. The van der Waals surface area contributed by atoms with E-state index in [1.54, 1.807) is 18.3 Å². The van der Waals surface area contributed by atoms with Gasteiger partial charge in [0.25, 0.3) is 0 Å². The molecule has 0 saturated heterocycles. The number of aliphatic hydroxyl groups is 1. The van der Waals surface area contributed by atoms with Crippen molar-refractivity contribution in [1.82, 2.24) is 5.01 Å². The highest BCUT2D eigenvalue weighted by molar-refractivity contribution is 7.14. The van der Waals surface area contributed by atoms with Crippen LogP contribution in [-0.4, -0.2) is 34.9 Å². The lowest BCUT2D eigenvalue weighted by Crippen LogP contribution is -2.35. The van der Waals surface area contributed by atoms with Gasteiger partial charge in [0.1, 0.15) is 6.54 Å². The molecule has 1 aliphatic heterocycles. The number of carbonyl (C=O) groups excluding carboxylic acids is 1. The van der Waals surface area contributed by atoms with E-state index in [9.17, 15) is 9.90 Å². The van der Waals surface area contributed by atoms with E-state index >= 15 is 0 Å². The van der Waals surface area contributed by atoms with Crippen molar-refractivity contribution in [3.8, 4) is 0 Å². The first-order chi connectivity index (χ1) is 10.3. The van der Waals surface area contributed by atoms with Crippen LogP contribution in [0.2, 0.25) is 0 Å². The Morgan fingerprint density at radius 2 is 2.09 bits per heavy atom. The Kier molecular flexibility index (Phi) is 5.24. The second-order valence-corrected chi connectivity index (χ2v) is 7.09. The maximum absolute atomic E-state index is 11.7. The maximum Gasteiger partial charge on any atom is 0.327 e. The highest BCUT2D eigenvalue weighted by Crippen LogP contribution is 2.38. The predicted molar refractivity (Wildman–Crippen MR) is 88.1 cm³/mol. The highest BCUT2D eigenvalue weighted by atomic mass is 32.1. The Bertz CT molecular complexity index is 578. The minimum absolute atomic E-state index is 0.0441. The summed E-state index contributed by atoms with van der Waals surface area (Å²) in [6.45, 7) is 10.4. The number of hydrazone groups is 1. The molecule has 0 amide bonds. The molecule has 1 atom stereocenters. The van der Waals surface area contributed by atoms with Gasteiger partial charge in [0, 0.05) is 10.4 Å². The van der Waals surface area contributed by atoms with E-state index in [-0.39, 0.29) is 18.4 Å². The molecule has 0 spiro atoms. The van der Waals surface area contributed by atoms with Gasteiger partial charge in [0.05, 0.1) is 17.2 Å².